The van der Waals surface area contributed by atoms with Gasteiger partial charge in [-0.25, -0.2) is 18.7 Å². The first-order chi connectivity index (χ1) is 19.3. The first-order valence-electron chi connectivity index (χ1n) is 13.0. The Kier molecular flexibility index (Phi) is 9.78. The van der Waals surface area contributed by atoms with Crippen molar-refractivity contribution in [1.29, 1.82) is 0 Å². The van der Waals surface area contributed by atoms with Gasteiger partial charge < -0.3 is 39.6 Å². The Morgan fingerprint density at radius 2 is 1.60 bits per heavy atom. The zero-order chi connectivity index (χ0) is 28.6. The molecule has 10 nitrogen and oxygen atoms in total. The van der Waals surface area contributed by atoms with Crippen LogP contribution in [0.15, 0.2) is 36.7 Å². The third kappa shape index (κ3) is 6.99. The number of aromatic nitrogens is 2. The molecule has 0 amide bonds. The first-order valence-corrected chi connectivity index (χ1v) is 13.0. The van der Waals surface area contributed by atoms with Crippen LogP contribution in [0.2, 0.25) is 0 Å². The van der Waals surface area contributed by atoms with E-state index in [1.54, 1.807) is 14.0 Å². The molecule has 4 rings (SSSR count). The van der Waals surface area contributed by atoms with Gasteiger partial charge in [-0.1, -0.05) is 0 Å². The van der Waals surface area contributed by atoms with Crippen molar-refractivity contribution in [2.75, 3.05) is 51.2 Å². The highest BCUT2D eigenvalue weighted by molar-refractivity contribution is 5.67. The molecule has 1 saturated heterocycles. The number of methoxy groups -OCH3 is 3. The van der Waals surface area contributed by atoms with Crippen LogP contribution in [0, 0.1) is 11.6 Å². The number of nitrogens with zero attached hydrogens (tertiary/aromatic N) is 3. The third-order valence-corrected chi connectivity index (χ3v) is 6.65. The number of anilines is 3. The van der Waals surface area contributed by atoms with E-state index in [1.165, 1.54) is 26.6 Å². The number of aliphatic hydroxyl groups is 1. The van der Waals surface area contributed by atoms with Crippen LogP contribution >= 0.6 is 0 Å². The van der Waals surface area contributed by atoms with Crippen LogP contribution in [0.1, 0.15) is 25.3 Å². The van der Waals surface area contributed by atoms with Crippen LogP contribution in [-0.4, -0.2) is 68.2 Å². The Morgan fingerprint density at radius 1 is 0.975 bits per heavy atom. The van der Waals surface area contributed by atoms with Crippen molar-refractivity contribution in [1.82, 2.24) is 15.3 Å². The molecule has 2 heterocycles. The number of aliphatic hydroxyl groups excluding tert-OH is 1. The maximum absolute atomic E-state index is 14.6. The van der Waals surface area contributed by atoms with Gasteiger partial charge >= 0.3 is 0 Å². The van der Waals surface area contributed by atoms with Crippen LogP contribution < -0.4 is 34.5 Å². The standard InChI is InChI=1S/C28H35F2N5O5/c1-17(36)13-31-18-7-9-35(10-8-18)22-6-5-19(11-23(22)37-2)34-28-32-14-20(15-33-28)40-16-21-26(29)24(38-3)12-25(39-4)27(21)30/h5-6,11-12,14-15,17-18,31,36H,7-10,13,16H2,1-4H3,(H,32,33,34). The van der Waals surface area contributed by atoms with E-state index in [2.05, 4.69) is 25.5 Å². The van der Waals surface area contributed by atoms with Gasteiger partial charge in [0.2, 0.25) is 5.95 Å². The molecule has 40 heavy (non-hydrogen) atoms. The molecule has 2 aromatic carbocycles. The molecule has 12 heteroatoms. The van der Waals surface area contributed by atoms with Gasteiger partial charge in [0.05, 0.1) is 51.1 Å². The topological polar surface area (TPSA) is 110 Å². The highest BCUT2D eigenvalue weighted by atomic mass is 19.1. The molecule has 0 radical (unpaired) electrons. The largest absolute Gasteiger partial charge is 0.495 e. The lowest BCUT2D eigenvalue weighted by molar-refractivity contribution is 0.183. The molecular weight excluding hydrogens is 524 g/mol. The molecule has 1 atom stereocenters. The Morgan fingerprint density at radius 3 is 2.17 bits per heavy atom. The molecule has 1 aromatic heterocycles. The molecule has 0 spiro atoms. The summed E-state index contributed by atoms with van der Waals surface area (Å²) in [5, 5.41) is 16.0. The molecule has 1 fully saturated rings. The average molecular weight is 560 g/mol. The molecule has 0 saturated carbocycles. The summed E-state index contributed by atoms with van der Waals surface area (Å²) >= 11 is 0. The van der Waals surface area contributed by atoms with Gasteiger partial charge in [0.15, 0.2) is 28.9 Å². The maximum Gasteiger partial charge on any atom is 0.227 e. The van der Waals surface area contributed by atoms with Crippen molar-refractivity contribution in [2.24, 2.45) is 0 Å². The smallest absolute Gasteiger partial charge is 0.227 e. The van der Waals surface area contributed by atoms with E-state index in [9.17, 15) is 13.9 Å². The monoisotopic (exact) mass is 559 g/mol. The third-order valence-electron chi connectivity index (χ3n) is 6.65. The van der Waals surface area contributed by atoms with Crippen molar-refractivity contribution >= 4 is 17.3 Å². The second-order valence-electron chi connectivity index (χ2n) is 9.45. The molecule has 3 N–H and O–H groups in total. The summed E-state index contributed by atoms with van der Waals surface area (Å²) in [6.45, 7) is 3.72. The van der Waals surface area contributed by atoms with Crippen molar-refractivity contribution in [3.05, 3.63) is 53.9 Å². The van der Waals surface area contributed by atoms with Crippen LogP contribution in [0.25, 0.3) is 0 Å². The molecule has 0 aliphatic carbocycles. The number of hydrogen-bond acceptors (Lipinski definition) is 10. The molecule has 1 aliphatic rings. The maximum atomic E-state index is 14.6. The van der Waals surface area contributed by atoms with Gasteiger partial charge in [-0.15, -0.1) is 0 Å². The Bertz CT molecular complexity index is 1240. The van der Waals surface area contributed by atoms with E-state index >= 15 is 0 Å². The quantitative estimate of drug-likeness (QED) is 0.301. The lowest BCUT2D eigenvalue weighted by Crippen LogP contribution is -2.44. The summed E-state index contributed by atoms with van der Waals surface area (Å²) in [7, 11) is 4.20. The number of hydrogen-bond donors (Lipinski definition) is 3. The van der Waals surface area contributed by atoms with Crippen LogP contribution in [-0.2, 0) is 6.61 Å². The normalized spacial score (nSPS) is 14.5. The van der Waals surface area contributed by atoms with E-state index < -0.39 is 18.2 Å². The predicted molar refractivity (Wildman–Crippen MR) is 147 cm³/mol. The highest BCUT2D eigenvalue weighted by Crippen LogP contribution is 2.34. The van der Waals surface area contributed by atoms with Crippen molar-refractivity contribution in [2.45, 2.75) is 38.5 Å². The van der Waals surface area contributed by atoms with E-state index in [0.29, 0.717) is 18.5 Å². The Hall–Kier alpha value is -3.90. The number of benzene rings is 2. The van der Waals surface area contributed by atoms with Gasteiger partial charge in [0.25, 0.3) is 0 Å². The van der Waals surface area contributed by atoms with E-state index in [0.717, 1.165) is 49.1 Å². The van der Waals surface area contributed by atoms with Crippen LogP contribution in [0.4, 0.5) is 26.1 Å². The molecule has 3 aromatic rings. The summed E-state index contributed by atoms with van der Waals surface area (Å²) in [4.78, 5) is 10.8. The van der Waals surface area contributed by atoms with E-state index in [1.807, 2.05) is 18.2 Å². The molecular formula is C28H35F2N5O5. The van der Waals surface area contributed by atoms with Gasteiger partial charge in [0.1, 0.15) is 12.4 Å². The minimum Gasteiger partial charge on any atom is -0.495 e. The number of halogens is 2. The van der Waals surface area contributed by atoms with Gasteiger partial charge in [-0.3, -0.25) is 0 Å². The minimum atomic E-state index is -0.866. The van der Waals surface area contributed by atoms with Gasteiger partial charge in [-0.05, 0) is 31.9 Å². The zero-order valence-electron chi connectivity index (χ0n) is 23.0. The van der Waals surface area contributed by atoms with E-state index in [-0.39, 0.29) is 28.9 Å². The lowest BCUT2D eigenvalue weighted by Gasteiger charge is -2.35. The van der Waals surface area contributed by atoms with Gasteiger partial charge in [0, 0.05) is 43.5 Å². The minimum absolute atomic E-state index is 0.150. The van der Waals surface area contributed by atoms with Crippen LogP contribution in [0.3, 0.4) is 0 Å². The Labute approximate surface area is 232 Å². The van der Waals surface area contributed by atoms with Crippen LogP contribution in [0.5, 0.6) is 23.0 Å². The van der Waals surface area contributed by atoms with Crippen molar-refractivity contribution in [3.8, 4) is 23.0 Å². The molecule has 0 bridgehead atoms. The average Bonchev–Trinajstić information content (AvgIpc) is 2.97. The molecule has 216 valence electrons. The number of piperidine rings is 1. The SMILES string of the molecule is COc1cc(Nc2ncc(OCc3c(F)c(OC)cc(OC)c3F)cn2)ccc1N1CCC(NCC(C)O)CC1. The summed E-state index contributed by atoms with van der Waals surface area (Å²) in [5.41, 5.74) is 1.40. The van der Waals surface area contributed by atoms with Crippen molar-refractivity contribution < 1.29 is 32.8 Å². The predicted octanol–water partition coefficient (Wildman–Crippen LogP) is 4.04. The summed E-state index contributed by atoms with van der Waals surface area (Å²) in [6, 6.07) is 7.32. The first kappa shape index (κ1) is 29.1. The van der Waals surface area contributed by atoms with Crippen molar-refractivity contribution in [3.63, 3.8) is 0 Å². The number of ether oxygens (including phenoxy) is 4. The lowest BCUT2D eigenvalue weighted by atomic mass is 10.0. The second kappa shape index (κ2) is 13.4. The number of nitrogens with one attached hydrogen (secondary N) is 2. The molecule has 1 aliphatic heterocycles. The molecule has 1 unspecified atom stereocenters. The summed E-state index contributed by atoms with van der Waals surface area (Å²) in [6.07, 6.45) is 4.41. The van der Waals surface area contributed by atoms with E-state index in [4.69, 9.17) is 18.9 Å². The fraction of sp³-hybridized carbons (Fsp3) is 0.429. The fourth-order valence-electron chi connectivity index (χ4n) is 4.48. The van der Waals surface area contributed by atoms with Gasteiger partial charge in [-0.2, -0.15) is 0 Å². The number of rotatable bonds is 12. The highest BCUT2D eigenvalue weighted by Gasteiger charge is 2.22. The second-order valence-corrected chi connectivity index (χ2v) is 9.45. The Balaban J connectivity index is 1.37. The summed E-state index contributed by atoms with van der Waals surface area (Å²) < 4.78 is 50.2. The fourth-order valence-corrected chi connectivity index (χ4v) is 4.48. The zero-order valence-corrected chi connectivity index (χ0v) is 23.0. The summed E-state index contributed by atoms with van der Waals surface area (Å²) in [5.74, 6) is -0.771.